The van der Waals surface area contributed by atoms with Crippen LogP contribution in [0, 0.1) is 0 Å². The summed E-state index contributed by atoms with van der Waals surface area (Å²) in [7, 11) is 1.58. The molecule has 3 heterocycles. The molecule has 1 amide bonds. The number of nitrogens with one attached hydrogen (secondary N) is 1. The Bertz CT molecular complexity index is 1600. The van der Waals surface area contributed by atoms with Crippen LogP contribution in [-0.2, 0) is 6.42 Å². The molecule has 1 fully saturated rings. The van der Waals surface area contributed by atoms with Gasteiger partial charge in [-0.25, -0.2) is 4.79 Å². The number of methoxy groups -OCH3 is 1. The molecule has 2 aliphatic carbocycles. The van der Waals surface area contributed by atoms with Crippen molar-refractivity contribution < 1.29 is 19.4 Å². The molecule has 1 unspecified atom stereocenters. The predicted octanol–water partition coefficient (Wildman–Crippen LogP) is 4.97. The second kappa shape index (κ2) is 9.15. The normalized spacial score (nSPS) is 16.8. The summed E-state index contributed by atoms with van der Waals surface area (Å²) in [5.41, 5.74) is 2.22. The van der Waals surface area contributed by atoms with Gasteiger partial charge in [0.2, 0.25) is 5.43 Å². The van der Waals surface area contributed by atoms with Crippen LogP contribution in [0.4, 0.5) is 0 Å². The molecule has 6 rings (SSSR count). The molecule has 0 bridgehead atoms. The van der Waals surface area contributed by atoms with E-state index in [2.05, 4.69) is 16.4 Å². The first-order valence-electron chi connectivity index (χ1n) is 12.3. The van der Waals surface area contributed by atoms with Gasteiger partial charge in [-0.2, -0.15) is 0 Å². The molecule has 37 heavy (non-hydrogen) atoms. The SMILES string of the molecule is COc1c(-c2cc3c(s2)CCCC3NC(=O)c2ccccn2)ccc2c(=O)c(C(=O)O)cn(C3CC3)c12. The van der Waals surface area contributed by atoms with E-state index in [-0.39, 0.29) is 23.6 Å². The van der Waals surface area contributed by atoms with E-state index in [9.17, 15) is 19.5 Å². The summed E-state index contributed by atoms with van der Waals surface area (Å²) in [5.74, 6) is -0.864. The van der Waals surface area contributed by atoms with Gasteiger partial charge < -0.3 is 19.7 Å². The molecule has 0 spiro atoms. The second-order valence-electron chi connectivity index (χ2n) is 9.48. The third kappa shape index (κ3) is 4.09. The summed E-state index contributed by atoms with van der Waals surface area (Å²) in [6.07, 6.45) is 7.66. The van der Waals surface area contributed by atoms with Crippen LogP contribution in [0.15, 0.2) is 53.6 Å². The van der Waals surface area contributed by atoms with Gasteiger partial charge in [-0.3, -0.25) is 14.6 Å². The Morgan fingerprint density at radius 2 is 2.03 bits per heavy atom. The molecule has 0 aliphatic heterocycles. The minimum absolute atomic E-state index is 0.113. The molecule has 1 aromatic carbocycles. The Morgan fingerprint density at radius 3 is 2.73 bits per heavy atom. The van der Waals surface area contributed by atoms with Crippen molar-refractivity contribution in [3.05, 3.63) is 80.7 Å². The lowest BCUT2D eigenvalue weighted by atomic mass is 9.93. The summed E-state index contributed by atoms with van der Waals surface area (Å²) in [6.45, 7) is 0. The number of ether oxygens (including phenoxy) is 1. The van der Waals surface area contributed by atoms with Gasteiger partial charge in [0.05, 0.1) is 24.1 Å². The van der Waals surface area contributed by atoms with E-state index in [1.807, 2.05) is 10.6 Å². The highest BCUT2D eigenvalue weighted by Gasteiger charge is 2.30. The second-order valence-corrected chi connectivity index (χ2v) is 10.6. The van der Waals surface area contributed by atoms with Gasteiger partial charge >= 0.3 is 5.97 Å². The number of carboxylic acid groups (broad SMARTS) is 1. The number of benzene rings is 1. The van der Waals surface area contributed by atoms with Crippen LogP contribution in [0.3, 0.4) is 0 Å². The zero-order chi connectivity index (χ0) is 25.7. The fourth-order valence-electron chi connectivity index (χ4n) is 5.18. The number of hydrogen-bond acceptors (Lipinski definition) is 6. The minimum atomic E-state index is -1.23. The van der Waals surface area contributed by atoms with Gasteiger partial charge in [0.15, 0.2) is 5.75 Å². The van der Waals surface area contributed by atoms with Gasteiger partial charge in [0.25, 0.3) is 5.91 Å². The van der Waals surface area contributed by atoms with Crippen LogP contribution < -0.4 is 15.5 Å². The molecular formula is C28H25N3O5S. The van der Waals surface area contributed by atoms with Crippen molar-refractivity contribution >= 4 is 34.1 Å². The number of rotatable bonds is 6. The topological polar surface area (TPSA) is 111 Å². The highest BCUT2D eigenvalue weighted by molar-refractivity contribution is 7.15. The van der Waals surface area contributed by atoms with E-state index >= 15 is 0 Å². The van der Waals surface area contributed by atoms with Crippen molar-refractivity contribution in [3.8, 4) is 16.2 Å². The zero-order valence-corrected chi connectivity index (χ0v) is 21.0. The molecule has 0 radical (unpaired) electrons. The smallest absolute Gasteiger partial charge is 0.341 e. The van der Waals surface area contributed by atoms with Crippen molar-refractivity contribution in [3.63, 3.8) is 0 Å². The highest BCUT2D eigenvalue weighted by atomic mass is 32.1. The fraction of sp³-hybridized carbons (Fsp3) is 0.286. The third-order valence-corrected chi connectivity index (χ3v) is 8.35. The first-order chi connectivity index (χ1) is 18.0. The van der Waals surface area contributed by atoms with E-state index in [1.54, 1.807) is 48.9 Å². The number of aromatic nitrogens is 2. The van der Waals surface area contributed by atoms with Crippen LogP contribution in [0.2, 0.25) is 0 Å². The Morgan fingerprint density at radius 1 is 1.19 bits per heavy atom. The first kappa shape index (κ1) is 23.4. The van der Waals surface area contributed by atoms with Crippen molar-refractivity contribution in [2.24, 2.45) is 0 Å². The van der Waals surface area contributed by atoms with E-state index < -0.39 is 11.4 Å². The number of aromatic carboxylic acids is 1. The molecule has 2 aliphatic rings. The van der Waals surface area contributed by atoms with Crippen molar-refractivity contribution in [1.82, 2.24) is 14.9 Å². The molecule has 1 saturated carbocycles. The Labute approximate surface area is 216 Å². The number of pyridine rings is 2. The number of fused-ring (bicyclic) bond motifs is 2. The van der Waals surface area contributed by atoms with Gasteiger partial charge in [0.1, 0.15) is 11.3 Å². The number of amides is 1. The maximum Gasteiger partial charge on any atom is 0.341 e. The summed E-state index contributed by atoms with van der Waals surface area (Å²) >= 11 is 1.67. The average molecular weight is 516 g/mol. The number of nitrogens with zero attached hydrogens (tertiary/aromatic N) is 2. The maximum atomic E-state index is 13.0. The maximum absolute atomic E-state index is 13.0. The highest BCUT2D eigenvalue weighted by Crippen LogP contribution is 2.46. The fourth-order valence-corrected chi connectivity index (χ4v) is 6.47. The van der Waals surface area contributed by atoms with Crippen LogP contribution >= 0.6 is 11.3 Å². The molecule has 4 aromatic rings. The van der Waals surface area contributed by atoms with Crippen LogP contribution in [-0.4, -0.2) is 33.6 Å². The summed E-state index contributed by atoms with van der Waals surface area (Å²) in [6, 6.07) is 11.0. The first-order valence-corrected chi connectivity index (χ1v) is 13.1. The molecule has 188 valence electrons. The lowest BCUT2D eigenvalue weighted by molar-refractivity contribution is 0.0694. The number of thiophene rings is 1. The Hall–Kier alpha value is -3.98. The average Bonchev–Trinajstić information content (AvgIpc) is 3.66. The zero-order valence-electron chi connectivity index (χ0n) is 20.2. The lowest BCUT2D eigenvalue weighted by Crippen LogP contribution is -2.30. The molecule has 0 saturated heterocycles. The van der Waals surface area contributed by atoms with Crippen LogP contribution in [0.1, 0.15) is 69.1 Å². The van der Waals surface area contributed by atoms with Crippen LogP contribution in [0.5, 0.6) is 5.75 Å². The molecule has 2 N–H and O–H groups in total. The summed E-state index contributed by atoms with van der Waals surface area (Å²) in [5, 5.41) is 13.1. The third-order valence-electron chi connectivity index (χ3n) is 7.10. The van der Waals surface area contributed by atoms with Gasteiger partial charge in [-0.05, 0) is 68.0 Å². The lowest BCUT2D eigenvalue weighted by Gasteiger charge is -2.23. The van der Waals surface area contributed by atoms with E-state index in [0.717, 1.165) is 48.1 Å². The number of aryl methyl sites for hydroxylation is 1. The van der Waals surface area contributed by atoms with E-state index in [0.29, 0.717) is 22.3 Å². The standard InChI is InChI=1S/C28H25N3O5S/c1-36-26-16(10-11-17-24(26)31(15-8-9-15)14-19(25(17)32)28(34)35)23-13-18-20(6-4-7-22(18)37-23)30-27(33)21-5-2-3-12-29-21/h2-3,5,10-15,20H,4,6-9H2,1H3,(H,30,33)(H,34,35). The largest absolute Gasteiger partial charge is 0.494 e. The van der Waals surface area contributed by atoms with Crippen molar-refractivity contribution in [2.75, 3.05) is 7.11 Å². The van der Waals surface area contributed by atoms with E-state index in [4.69, 9.17) is 4.74 Å². The Balaban J connectivity index is 1.44. The molecule has 9 heteroatoms. The summed E-state index contributed by atoms with van der Waals surface area (Å²) in [4.78, 5) is 43.9. The molecule has 8 nitrogen and oxygen atoms in total. The predicted molar refractivity (Wildman–Crippen MR) is 141 cm³/mol. The number of carbonyl (C=O) groups excluding carboxylic acids is 1. The van der Waals surface area contributed by atoms with Crippen LogP contribution in [0.25, 0.3) is 21.3 Å². The number of carboxylic acids is 1. The summed E-state index contributed by atoms with van der Waals surface area (Å²) < 4.78 is 7.78. The van der Waals surface area contributed by atoms with E-state index in [1.165, 1.54) is 11.1 Å². The number of hydrogen-bond donors (Lipinski definition) is 2. The van der Waals surface area contributed by atoms with Crippen molar-refractivity contribution in [2.45, 2.75) is 44.2 Å². The van der Waals surface area contributed by atoms with Gasteiger partial charge in [-0.15, -0.1) is 11.3 Å². The molecule has 3 aromatic heterocycles. The molecular weight excluding hydrogens is 490 g/mol. The van der Waals surface area contributed by atoms with Crippen molar-refractivity contribution in [1.29, 1.82) is 0 Å². The number of carbonyl (C=O) groups is 2. The molecule has 1 atom stereocenters. The monoisotopic (exact) mass is 515 g/mol. The van der Waals surface area contributed by atoms with Gasteiger partial charge in [-0.1, -0.05) is 6.07 Å². The quantitative estimate of drug-likeness (QED) is 0.375. The Kier molecular flexibility index (Phi) is 5.79. The van der Waals surface area contributed by atoms with Gasteiger partial charge in [0, 0.05) is 33.8 Å². The minimum Gasteiger partial charge on any atom is -0.494 e.